The van der Waals surface area contributed by atoms with Gasteiger partial charge in [-0.1, -0.05) is 12.1 Å². The molecule has 1 fully saturated rings. The lowest BCUT2D eigenvalue weighted by atomic mass is 10.2. The molecule has 0 spiro atoms. The lowest BCUT2D eigenvalue weighted by molar-refractivity contribution is -0.141. The minimum Gasteiger partial charge on any atom is -0.488 e. The zero-order valence-electron chi connectivity index (χ0n) is 17.0. The van der Waals surface area contributed by atoms with Crippen LogP contribution < -0.4 is 10.1 Å². The lowest BCUT2D eigenvalue weighted by Crippen LogP contribution is -2.34. The summed E-state index contributed by atoms with van der Waals surface area (Å²) >= 11 is 1.27. The standard InChI is InChI=1S/C20H22F3N3O4S/c1-12-16(7-8-17(27)29-2)31-18(24-12)25-19(28)26-10-9-13(11-26)30-15-6-4-3-5-14(15)20(21,22)23/h3-6,13H,7-11H2,1-2H3,(H,24,25,28)/t13-/m0/s1. The van der Waals surface area contributed by atoms with Crippen LogP contribution in [0.1, 0.15) is 29.0 Å². The number of rotatable bonds is 6. The lowest BCUT2D eigenvalue weighted by Gasteiger charge is -2.19. The van der Waals surface area contributed by atoms with Crippen molar-refractivity contribution in [2.75, 3.05) is 25.5 Å². The molecule has 0 radical (unpaired) electrons. The molecule has 0 bridgehead atoms. The summed E-state index contributed by atoms with van der Waals surface area (Å²) in [6.45, 7) is 2.30. The summed E-state index contributed by atoms with van der Waals surface area (Å²) in [4.78, 5) is 30.5. The number of aromatic nitrogens is 1. The molecule has 2 amide bonds. The Kier molecular flexibility index (Phi) is 7.04. The molecule has 0 saturated carbocycles. The Bertz CT molecular complexity index is 948. The maximum Gasteiger partial charge on any atom is 0.419 e. The first-order chi connectivity index (χ1) is 14.7. The first-order valence-electron chi connectivity index (χ1n) is 9.59. The average Bonchev–Trinajstić information content (AvgIpc) is 3.32. The van der Waals surface area contributed by atoms with Crippen molar-refractivity contribution in [3.05, 3.63) is 40.4 Å². The Balaban J connectivity index is 1.56. The molecule has 1 aliphatic rings. The molecule has 168 valence electrons. The average molecular weight is 457 g/mol. The Hall–Kier alpha value is -2.82. The molecule has 1 aromatic carbocycles. The Labute approximate surface area is 181 Å². The van der Waals surface area contributed by atoms with Crippen LogP contribution in [0.2, 0.25) is 0 Å². The summed E-state index contributed by atoms with van der Waals surface area (Å²) in [5.74, 6) is -0.568. The first kappa shape index (κ1) is 22.9. The number of thiazole rings is 1. The number of anilines is 1. The van der Waals surface area contributed by atoms with Crippen molar-refractivity contribution in [1.29, 1.82) is 0 Å². The van der Waals surface area contributed by atoms with Crippen LogP contribution in [0.15, 0.2) is 24.3 Å². The number of methoxy groups -OCH3 is 1. The molecular weight excluding hydrogens is 435 g/mol. The molecule has 0 unspecified atom stereocenters. The monoisotopic (exact) mass is 457 g/mol. The molecule has 7 nitrogen and oxygen atoms in total. The fraction of sp³-hybridized carbons (Fsp3) is 0.450. The van der Waals surface area contributed by atoms with Gasteiger partial charge in [0, 0.05) is 17.8 Å². The van der Waals surface area contributed by atoms with Crippen LogP contribution in [0.4, 0.5) is 23.1 Å². The number of nitrogens with zero attached hydrogens (tertiary/aromatic N) is 2. The van der Waals surface area contributed by atoms with Crippen molar-refractivity contribution in [3.8, 4) is 5.75 Å². The van der Waals surface area contributed by atoms with Gasteiger partial charge >= 0.3 is 18.2 Å². The number of carbonyl (C=O) groups excluding carboxylic acids is 2. The van der Waals surface area contributed by atoms with E-state index in [0.29, 0.717) is 24.5 Å². The molecule has 1 aromatic heterocycles. The Morgan fingerprint density at radius 1 is 1.32 bits per heavy atom. The Morgan fingerprint density at radius 3 is 2.77 bits per heavy atom. The number of hydrogen-bond acceptors (Lipinski definition) is 6. The van der Waals surface area contributed by atoms with Gasteiger partial charge in [0.15, 0.2) is 5.13 Å². The van der Waals surface area contributed by atoms with Crippen molar-refractivity contribution in [2.45, 2.75) is 38.5 Å². The van der Waals surface area contributed by atoms with E-state index in [9.17, 15) is 22.8 Å². The van der Waals surface area contributed by atoms with E-state index >= 15 is 0 Å². The number of nitrogens with one attached hydrogen (secondary N) is 1. The number of benzene rings is 1. The van der Waals surface area contributed by atoms with E-state index < -0.39 is 23.9 Å². The molecule has 0 aliphatic carbocycles. The highest BCUT2D eigenvalue weighted by Crippen LogP contribution is 2.37. The van der Waals surface area contributed by atoms with Gasteiger partial charge in [0.25, 0.3) is 0 Å². The summed E-state index contributed by atoms with van der Waals surface area (Å²) in [5.41, 5.74) is -0.119. The number of urea groups is 1. The molecule has 1 saturated heterocycles. The van der Waals surface area contributed by atoms with Gasteiger partial charge in [0.2, 0.25) is 0 Å². The van der Waals surface area contributed by atoms with Crippen LogP contribution >= 0.6 is 11.3 Å². The van der Waals surface area contributed by atoms with Gasteiger partial charge in [-0.25, -0.2) is 9.78 Å². The molecule has 1 atom stereocenters. The third-order valence-electron chi connectivity index (χ3n) is 4.81. The van der Waals surface area contributed by atoms with E-state index in [1.165, 1.54) is 41.5 Å². The van der Waals surface area contributed by atoms with Crippen molar-refractivity contribution >= 4 is 28.5 Å². The predicted molar refractivity (Wildman–Crippen MR) is 108 cm³/mol. The summed E-state index contributed by atoms with van der Waals surface area (Å²) in [6.07, 6.45) is -3.95. The van der Waals surface area contributed by atoms with Crippen LogP contribution in [-0.4, -0.2) is 48.2 Å². The van der Waals surface area contributed by atoms with Gasteiger partial charge in [-0.3, -0.25) is 10.1 Å². The van der Waals surface area contributed by atoms with E-state index in [1.807, 2.05) is 0 Å². The van der Waals surface area contributed by atoms with Gasteiger partial charge in [-0.2, -0.15) is 13.2 Å². The number of hydrogen-bond donors (Lipinski definition) is 1. The van der Waals surface area contributed by atoms with Crippen molar-refractivity contribution in [1.82, 2.24) is 9.88 Å². The molecule has 1 aliphatic heterocycles. The normalized spacial score (nSPS) is 16.3. The Morgan fingerprint density at radius 2 is 2.06 bits per heavy atom. The van der Waals surface area contributed by atoms with Gasteiger partial charge in [-0.05, 0) is 25.5 Å². The summed E-state index contributed by atoms with van der Waals surface area (Å²) in [5, 5.41) is 3.11. The van der Waals surface area contributed by atoms with E-state index in [0.717, 1.165) is 16.6 Å². The minimum atomic E-state index is -4.51. The van der Waals surface area contributed by atoms with Crippen molar-refractivity contribution in [3.63, 3.8) is 0 Å². The molecule has 11 heteroatoms. The van der Waals surface area contributed by atoms with E-state index in [2.05, 4.69) is 15.0 Å². The first-order valence-corrected chi connectivity index (χ1v) is 10.4. The van der Waals surface area contributed by atoms with Gasteiger partial charge in [0.05, 0.1) is 31.3 Å². The number of likely N-dealkylation sites (tertiary alicyclic amines) is 1. The van der Waals surface area contributed by atoms with Crippen molar-refractivity contribution < 1.29 is 32.2 Å². The number of ether oxygens (including phenoxy) is 2. The van der Waals surface area contributed by atoms with Crippen LogP contribution in [0.5, 0.6) is 5.75 Å². The van der Waals surface area contributed by atoms with E-state index in [-0.39, 0.29) is 24.7 Å². The summed E-state index contributed by atoms with van der Waals surface area (Å²) < 4.78 is 49.6. The quantitative estimate of drug-likeness (QED) is 0.656. The number of aryl methyl sites for hydroxylation is 2. The van der Waals surface area contributed by atoms with E-state index in [1.54, 1.807) is 6.92 Å². The molecule has 2 heterocycles. The largest absolute Gasteiger partial charge is 0.488 e. The molecule has 2 aromatic rings. The van der Waals surface area contributed by atoms with Gasteiger partial charge < -0.3 is 14.4 Å². The smallest absolute Gasteiger partial charge is 0.419 e. The number of para-hydroxylation sites is 1. The fourth-order valence-corrected chi connectivity index (χ4v) is 4.15. The fourth-order valence-electron chi connectivity index (χ4n) is 3.19. The molecular formula is C20H22F3N3O4S. The minimum absolute atomic E-state index is 0.164. The zero-order valence-corrected chi connectivity index (χ0v) is 17.8. The maximum absolute atomic E-state index is 13.1. The van der Waals surface area contributed by atoms with Crippen LogP contribution in [0.25, 0.3) is 0 Å². The number of alkyl halides is 3. The molecule has 1 N–H and O–H groups in total. The number of carbonyl (C=O) groups is 2. The van der Waals surface area contributed by atoms with Crippen LogP contribution in [0.3, 0.4) is 0 Å². The molecule has 3 rings (SSSR count). The second kappa shape index (κ2) is 9.54. The van der Waals surface area contributed by atoms with Gasteiger partial charge in [-0.15, -0.1) is 11.3 Å². The highest BCUT2D eigenvalue weighted by molar-refractivity contribution is 7.15. The van der Waals surface area contributed by atoms with E-state index in [4.69, 9.17) is 4.74 Å². The third kappa shape index (κ3) is 5.87. The van der Waals surface area contributed by atoms with Gasteiger partial charge in [0.1, 0.15) is 11.9 Å². The summed E-state index contributed by atoms with van der Waals surface area (Å²) in [7, 11) is 1.32. The maximum atomic E-state index is 13.1. The van der Waals surface area contributed by atoms with Crippen LogP contribution in [-0.2, 0) is 22.1 Å². The SMILES string of the molecule is COC(=O)CCc1sc(NC(=O)N2CC[C@H](Oc3ccccc3C(F)(F)F)C2)nc1C. The highest BCUT2D eigenvalue weighted by Gasteiger charge is 2.36. The number of esters is 1. The third-order valence-corrected chi connectivity index (χ3v) is 5.94. The predicted octanol–water partition coefficient (Wildman–Crippen LogP) is 4.26. The van der Waals surface area contributed by atoms with Crippen LogP contribution in [0, 0.1) is 6.92 Å². The zero-order chi connectivity index (χ0) is 22.6. The molecule has 31 heavy (non-hydrogen) atoms. The number of halogens is 3. The second-order valence-corrected chi connectivity index (χ2v) is 8.09. The highest BCUT2D eigenvalue weighted by atomic mass is 32.1. The summed E-state index contributed by atoms with van der Waals surface area (Å²) in [6, 6.07) is 4.63. The topological polar surface area (TPSA) is 80.8 Å². The van der Waals surface area contributed by atoms with Crippen molar-refractivity contribution in [2.24, 2.45) is 0 Å². The number of amides is 2. The second-order valence-electron chi connectivity index (χ2n) is 7.00.